The topological polar surface area (TPSA) is 68.7 Å². The molecule has 1 aliphatic heterocycles. The molecule has 0 radical (unpaired) electrons. The highest BCUT2D eigenvalue weighted by Crippen LogP contribution is 2.53. The van der Waals surface area contributed by atoms with Gasteiger partial charge in [-0.1, -0.05) is 6.07 Å². The zero-order valence-corrected chi connectivity index (χ0v) is 16.6. The predicted octanol–water partition coefficient (Wildman–Crippen LogP) is 1.75. The Kier molecular flexibility index (Phi) is 5.01. The van der Waals surface area contributed by atoms with Crippen LogP contribution in [-0.2, 0) is 0 Å². The van der Waals surface area contributed by atoms with Crippen LogP contribution in [0.2, 0.25) is 0 Å². The maximum Gasteiger partial charge on any atom is 0.270 e. The molecule has 2 N–H and O–H groups in total. The number of carbonyl (C=O) groups is 1. The van der Waals surface area contributed by atoms with Gasteiger partial charge in [-0.2, -0.15) is 0 Å². The lowest BCUT2D eigenvalue weighted by Gasteiger charge is -2.54. The van der Waals surface area contributed by atoms with Crippen molar-refractivity contribution in [2.75, 3.05) is 44.2 Å². The van der Waals surface area contributed by atoms with E-state index in [0.717, 1.165) is 50.4 Å². The summed E-state index contributed by atoms with van der Waals surface area (Å²) in [6.07, 6.45) is 6.67. The minimum absolute atomic E-state index is 0.00163. The molecule has 0 unspecified atom stereocenters. The molecule has 1 saturated heterocycles. The van der Waals surface area contributed by atoms with Gasteiger partial charge in [0.25, 0.3) is 5.91 Å². The lowest BCUT2D eigenvalue weighted by molar-refractivity contribution is -0.0120. The molecule has 5 fully saturated rings. The fourth-order valence-corrected chi connectivity index (χ4v) is 6.45. The van der Waals surface area contributed by atoms with Crippen molar-refractivity contribution in [3.8, 4) is 0 Å². The number of nitrogens with one attached hydrogen (secondary N) is 1. The third kappa shape index (κ3) is 3.52. The number of β-amino-alcohol motifs (C(OH)–C–C–N with tert-alkyl or cyclic N) is 1. The van der Waals surface area contributed by atoms with Gasteiger partial charge in [-0.3, -0.25) is 9.69 Å². The minimum atomic E-state index is -0.00163. The molecule has 6 heteroatoms. The number of aliphatic hydroxyl groups excluding tert-OH is 1. The molecule has 0 spiro atoms. The Morgan fingerprint density at radius 2 is 1.71 bits per heavy atom. The number of aliphatic hydroxyl groups is 1. The molecule has 4 saturated carbocycles. The number of hydrogen-bond donors (Lipinski definition) is 2. The van der Waals surface area contributed by atoms with E-state index in [-0.39, 0.29) is 12.5 Å². The molecular weight excluding hydrogens is 352 g/mol. The lowest BCUT2D eigenvalue weighted by atomic mass is 9.54. The Balaban J connectivity index is 1.23. The molecule has 1 aromatic heterocycles. The van der Waals surface area contributed by atoms with E-state index in [9.17, 15) is 4.79 Å². The first-order valence-corrected chi connectivity index (χ1v) is 11.1. The van der Waals surface area contributed by atoms with Crippen LogP contribution in [-0.4, -0.2) is 66.3 Å². The Labute approximate surface area is 167 Å². The average molecular weight is 385 g/mol. The van der Waals surface area contributed by atoms with Gasteiger partial charge in [-0.25, -0.2) is 4.98 Å². The second-order valence-electron chi connectivity index (χ2n) is 9.36. The molecular formula is C22H32N4O2. The summed E-state index contributed by atoms with van der Waals surface area (Å²) < 4.78 is 0. The molecule has 152 valence electrons. The monoisotopic (exact) mass is 384 g/mol. The van der Waals surface area contributed by atoms with E-state index in [1.807, 2.05) is 18.2 Å². The molecule has 5 aliphatic rings. The van der Waals surface area contributed by atoms with Crippen molar-refractivity contribution in [3.05, 3.63) is 23.9 Å². The standard InChI is InChI=1S/C22H32N4O2/c27-9-8-25-4-6-26(7-5-25)20-3-1-2-19(23-20)22(28)24-21-17-11-15-10-16(13-17)14-18(21)12-15/h1-3,15-18,21,27H,4-14H2,(H,24,28). The van der Waals surface area contributed by atoms with Crippen LogP contribution in [0.1, 0.15) is 42.6 Å². The summed E-state index contributed by atoms with van der Waals surface area (Å²) in [5.74, 6) is 4.09. The van der Waals surface area contributed by atoms with E-state index < -0.39 is 0 Å². The third-order valence-corrected chi connectivity index (χ3v) is 7.60. The summed E-state index contributed by atoms with van der Waals surface area (Å²) in [6, 6.07) is 6.15. The van der Waals surface area contributed by atoms with E-state index in [4.69, 9.17) is 10.1 Å². The zero-order chi connectivity index (χ0) is 19.1. The summed E-state index contributed by atoms with van der Waals surface area (Å²) in [5, 5.41) is 12.5. The van der Waals surface area contributed by atoms with Crippen molar-refractivity contribution in [2.45, 2.75) is 38.1 Å². The zero-order valence-electron chi connectivity index (χ0n) is 16.6. The summed E-state index contributed by atoms with van der Waals surface area (Å²) in [7, 11) is 0. The van der Waals surface area contributed by atoms with Crippen molar-refractivity contribution in [2.24, 2.45) is 23.7 Å². The maximum absolute atomic E-state index is 13.0. The summed E-state index contributed by atoms with van der Waals surface area (Å²) in [4.78, 5) is 22.2. The van der Waals surface area contributed by atoms with Crippen molar-refractivity contribution < 1.29 is 9.90 Å². The smallest absolute Gasteiger partial charge is 0.270 e. The highest BCUT2D eigenvalue weighted by Gasteiger charge is 2.48. The number of aromatic nitrogens is 1. The SMILES string of the molecule is O=C(NC1C2CC3CC(C2)CC1C3)c1cccc(N2CCN(CCO)CC2)n1. The normalized spacial score (nSPS) is 34.6. The van der Waals surface area contributed by atoms with Gasteiger partial charge in [0.15, 0.2) is 0 Å². The number of nitrogens with zero attached hydrogens (tertiary/aromatic N) is 3. The number of hydrogen-bond acceptors (Lipinski definition) is 5. The first-order valence-electron chi connectivity index (χ1n) is 11.1. The minimum Gasteiger partial charge on any atom is -0.395 e. The number of pyridine rings is 1. The van der Waals surface area contributed by atoms with Gasteiger partial charge in [0, 0.05) is 38.8 Å². The number of amides is 1. The molecule has 0 aromatic carbocycles. The van der Waals surface area contributed by atoms with E-state index in [1.165, 1.54) is 32.1 Å². The predicted molar refractivity (Wildman–Crippen MR) is 108 cm³/mol. The number of anilines is 1. The quantitative estimate of drug-likeness (QED) is 0.810. The largest absolute Gasteiger partial charge is 0.395 e. The highest BCUT2D eigenvalue weighted by molar-refractivity contribution is 5.92. The van der Waals surface area contributed by atoms with Gasteiger partial charge in [0.05, 0.1) is 6.61 Å². The van der Waals surface area contributed by atoms with Crippen LogP contribution in [0.4, 0.5) is 5.82 Å². The molecule has 4 bridgehead atoms. The number of rotatable bonds is 5. The van der Waals surface area contributed by atoms with Gasteiger partial charge in [-0.15, -0.1) is 0 Å². The Morgan fingerprint density at radius 1 is 1.04 bits per heavy atom. The molecule has 28 heavy (non-hydrogen) atoms. The van der Waals surface area contributed by atoms with E-state index in [0.29, 0.717) is 23.6 Å². The molecule has 4 aliphatic carbocycles. The second-order valence-corrected chi connectivity index (χ2v) is 9.36. The second kappa shape index (κ2) is 7.64. The van der Waals surface area contributed by atoms with Crippen LogP contribution >= 0.6 is 0 Å². The first-order chi connectivity index (χ1) is 13.7. The summed E-state index contributed by atoms with van der Waals surface area (Å²) in [5.41, 5.74) is 0.545. The van der Waals surface area contributed by atoms with Crippen LogP contribution in [0.25, 0.3) is 0 Å². The Morgan fingerprint density at radius 3 is 2.36 bits per heavy atom. The van der Waals surface area contributed by atoms with Crippen LogP contribution in [0.3, 0.4) is 0 Å². The Bertz CT molecular complexity index is 688. The third-order valence-electron chi connectivity index (χ3n) is 7.60. The van der Waals surface area contributed by atoms with E-state index in [2.05, 4.69) is 15.1 Å². The maximum atomic E-state index is 13.0. The van der Waals surface area contributed by atoms with Crippen LogP contribution in [0, 0.1) is 23.7 Å². The molecule has 6 nitrogen and oxygen atoms in total. The first kappa shape index (κ1) is 18.4. The van der Waals surface area contributed by atoms with Crippen LogP contribution < -0.4 is 10.2 Å². The molecule has 0 atom stereocenters. The van der Waals surface area contributed by atoms with Crippen molar-refractivity contribution >= 4 is 11.7 Å². The van der Waals surface area contributed by atoms with Crippen molar-refractivity contribution in [1.29, 1.82) is 0 Å². The molecule has 6 rings (SSSR count). The fraction of sp³-hybridized carbons (Fsp3) is 0.727. The summed E-state index contributed by atoms with van der Waals surface area (Å²) in [6.45, 7) is 4.55. The van der Waals surface area contributed by atoms with E-state index in [1.54, 1.807) is 0 Å². The van der Waals surface area contributed by atoms with E-state index >= 15 is 0 Å². The fourth-order valence-electron chi connectivity index (χ4n) is 6.45. The van der Waals surface area contributed by atoms with Crippen LogP contribution in [0.15, 0.2) is 18.2 Å². The van der Waals surface area contributed by atoms with Gasteiger partial charge >= 0.3 is 0 Å². The number of piperazine rings is 1. The van der Waals surface area contributed by atoms with Gasteiger partial charge in [0.1, 0.15) is 11.5 Å². The van der Waals surface area contributed by atoms with Crippen LogP contribution in [0.5, 0.6) is 0 Å². The molecule has 1 amide bonds. The van der Waals surface area contributed by atoms with Crippen molar-refractivity contribution in [1.82, 2.24) is 15.2 Å². The average Bonchev–Trinajstić information content (AvgIpc) is 2.71. The van der Waals surface area contributed by atoms with Gasteiger partial charge < -0.3 is 15.3 Å². The van der Waals surface area contributed by atoms with Gasteiger partial charge in [0.2, 0.25) is 0 Å². The molecule has 1 aromatic rings. The number of carbonyl (C=O) groups excluding carboxylic acids is 1. The van der Waals surface area contributed by atoms with Gasteiger partial charge in [-0.05, 0) is 67.9 Å². The Hall–Kier alpha value is -1.66. The van der Waals surface area contributed by atoms with Crippen molar-refractivity contribution in [3.63, 3.8) is 0 Å². The highest BCUT2D eigenvalue weighted by atomic mass is 16.3. The molecule has 2 heterocycles. The lowest BCUT2D eigenvalue weighted by Crippen LogP contribution is -2.55. The summed E-state index contributed by atoms with van der Waals surface area (Å²) >= 11 is 0.